The normalized spacial score (nSPS) is 53.4. The van der Waals surface area contributed by atoms with Crippen molar-refractivity contribution in [2.75, 3.05) is 0 Å². The molecule has 192 valence electrons. The lowest BCUT2D eigenvalue weighted by atomic mass is 9.32. The van der Waals surface area contributed by atoms with Crippen LogP contribution in [0.5, 0.6) is 0 Å². The van der Waals surface area contributed by atoms with Gasteiger partial charge in [-0.3, -0.25) is 4.79 Å². The largest absolute Gasteiger partial charge is 0.481 e. The summed E-state index contributed by atoms with van der Waals surface area (Å²) in [5.74, 6) is 0.0414. The first-order valence-electron chi connectivity index (χ1n) is 13.9. The minimum absolute atomic E-state index is 0.00239. The maximum absolute atomic E-state index is 12.8. The topological polar surface area (TPSA) is 77.8 Å². The van der Waals surface area contributed by atoms with Gasteiger partial charge in [-0.1, -0.05) is 60.1 Å². The smallest absolute Gasteiger partial charge is 0.313 e. The van der Waals surface area contributed by atoms with Crippen molar-refractivity contribution in [2.24, 2.45) is 50.2 Å². The van der Waals surface area contributed by atoms with E-state index >= 15 is 0 Å². The second-order valence-electron chi connectivity index (χ2n) is 15.1. The molecule has 5 aliphatic rings. The highest BCUT2D eigenvalue weighted by Gasteiger charge is 2.71. The zero-order valence-corrected chi connectivity index (χ0v) is 22.6. The van der Waals surface area contributed by atoms with Crippen molar-refractivity contribution in [3.8, 4) is 0 Å². The summed E-state index contributed by atoms with van der Waals surface area (Å²) in [6.45, 7) is 16.2. The monoisotopic (exact) mass is 472 g/mol. The quantitative estimate of drug-likeness (QED) is 0.397. The van der Waals surface area contributed by atoms with E-state index in [1.54, 1.807) is 0 Å². The summed E-state index contributed by atoms with van der Waals surface area (Å²) in [6.07, 6.45) is 9.46. The summed E-state index contributed by atoms with van der Waals surface area (Å²) in [7, 11) is 0. The molecule has 5 aliphatic carbocycles. The molecule has 4 nitrogen and oxygen atoms in total. The number of carbonyl (C=O) groups is 1. The van der Waals surface area contributed by atoms with Crippen LogP contribution in [0.4, 0.5) is 0 Å². The molecule has 0 unspecified atom stereocenters. The van der Waals surface area contributed by atoms with Crippen molar-refractivity contribution in [2.45, 2.75) is 118 Å². The molecular formula is C30H48O4. The molecule has 0 aliphatic heterocycles. The zero-order chi connectivity index (χ0) is 25.1. The molecule has 3 N–H and O–H groups in total. The average molecular weight is 473 g/mol. The number of carboxylic acids is 1. The van der Waals surface area contributed by atoms with E-state index in [1.807, 2.05) is 0 Å². The van der Waals surface area contributed by atoms with Gasteiger partial charge >= 0.3 is 5.97 Å². The molecule has 0 amide bonds. The lowest BCUT2D eigenvalue weighted by Gasteiger charge is -2.73. The molecule has 0 spiro atoms. The Hall–Kier alpha value is -0.870. The molecule has 4 heteroatoms. The Labute approximate surface area is 206 Å². The van der Waals surface area contributed by atoms with E-state index < -0.39 is 17.5 Å². The molecule has 0 radical (unpaired) electrons. The Bertz CT molecular complexity index is 919. The fraction of sp³-hybridized carbons (Fsp3) is 0.900. The Balaban J connectivity index is 1.62. The molecule has 0 heterocycles. The standard InChI is InChI=1S/C30H48O4/c1-25(2)12-14-30(24(33)34)15-13-28(6)18(19(30)17-25)16-20(31)23-27(5)10-9-22(32)26(3,4)21(27)8-11-29(23,28)7/h17-18,20-23,31-32H,8-16H2,1-7H3,(H,33,34)/t18-,20-,21+,22-,23-,27+,28-,29-,30+/m1/s1. The van der Waals surface area contributed by atoms with Crippen molar-refractivity contribution in [3.63, 3.8) is 0 Å². The SMILES string of the molecule is CC1(C)C=C2[C@H]3C[C@@H](O)[C@@H]4[C@@]5(C)CC[C@@H](O)C(C)(C)[C@@H]5CC[C@@]4(C)[C@]3(C)CC[C@@]2(C(=O)O)CC1. The third kappa shape index (κ3) is 2.88. The van der Waals surface area contributed by atoms with E-state index in [1.165, 1.54) is 0 Å². The fourth-order valence-electron chi connectivity index (χ4n) is 10.8. The summed E-state index contributed by atoms with van der Waals surface area (Å²) >= 11 is 0. The Morgan fingerprint density at radius 1 is 0.853 bits per heavy atom. The first-order chi connectivity index (χ1) is 15.6. The number of aliphatic carboxylic acids is 1. The van der Waals surface area contributed by atoms with E-state index in [0.29, 0.717) is 12.3 Å². The number of allylic oxidation sites excluding steroid dienone is 1. The minimum Gasteiger partial charge on any atom is -0.481 e. The van der Waals surface area contributed by atoms with Crippen molar-refractivity contribution in [1.29, 1.82) is 0 Å². The van der Waals surface area contributed by atoms with Gasteiger partial charge in [0.15, 0.2) is 0 Å². The molecule has 0 aromatic rings. The number of carboxylic acid groups (broad SMARTS) is 1. The third-order valence-corrected chi connectivity index (χ3v) is 12.9. The van der Waals surface area contributed by atoms with Gasteiger partial charge in [0.2, 0.25) is 0 Å². The molecule has 0 aromatic carbocycles. The Kier molecular flexibility index (Phi) is 5.20. The van der Waals surface area contributed by atoms with Crippen molar-refractivity contribution >= 4 is 5.97 Å². The Morgan fingerprint density at radius 2 is 1.50 bits per heavy atom. The predicted molar refractivity (Wildman–Crippen MR) is 134 cm³/mol. The maximum atomic E-state index is 12.8. The van der Waals surface area contributed by atoms with Gasteiger partial charge in [-0.2, -0.15) is 0 Å². The van der Waals surface area contributed by atoms with Gasteiger partial charge in [0, 0.05) is 0 Å². The van der Waals surface area contributed by atoms with Crippen LogP contribution in [0.15, 0.2) is 11.6 Å². The maximum Gasteiger partial charge on any atom is 0.313 e. The molecule has 9 atom stereocenters. The van der Waals surface area contributed by atoms with Gasteiger partial charge in [0.25, 0.3) is 0 Å². The number of aliphatic hydroxyl groups excluding tert-OH is 2. The fourth-order valence-corrected chi connectivity index (χ4v) is 10.8. The second kappa shape index (κ2) is 7.12. The molecular weight excluding hydrogens is 424 g/mol. The number of rotatable bonds is 1. The lowest BCUT2D eigenvalue weighted by molar-refractivity contribution is -0.259. The van der Waals surface area contributed by atoms with Crippen LogP contribution in [0.1, 0.15) is 106 Å². The molecule has 4 fully saturated rings. The lowest BCUT2D eigenvalue weighted by Crippen LogP contribution is -2.69. The van der Waals surface area contributed by atoms with Gasteiger partial charge in [-0.15, -0.1) is 0 Å². The summed E-state index contributed by atoms with van der Waals surface area (Å²) in [5, 5.41) is 33.3. The number of fused-ring (bicyclic) bond motifs is 7. The van der Waals surface area contributed by atoms with E-state index in [4.69, 9.17) is 0 Å². The number of hydrogen-bond donors (Lipinski definition) is 3. The van der Waals surface area contributed by atoms with Gasteiger partial charge in [0.1, 0.15) is 0 Å². The first kappa shape index (κ1) is 24.8. The van der Waals surface area contributed by atoms with Crippen LogP contribution in [-0.4, -0.2) is 33.5 Å². The van der Waals surface area contributed by atoms with Crippen LogP contribution < -0.4 is 0 Å². The minimum atomic E-state index is -0.749. The predicted octanol–water partition coefficient (Wildman–Crippen LogP) is 6.20. The zero-order valence-electron chi connectivity index (χ0n) is 22.6. The van der Waals surface area contributed by atoms with Gasteiger partial charge in [0.05, 0.1) is 17.6 Å². The third-order valence-electron chi connectivity index (χ3n) is 12.9. The van der Waals surface area contributed by atoms with Gasteiger partial charge in [-0.25, -0.2) is 0 Å². The van der Waals surface area contributed by atoms with Crippen LogP contribution in [0.25, 0.3) is 0 Å². The van der Waals surface area contributed by atoms with E-state index in [-0.39, 0.29) is 45.0 Å². The summed E-state index contributed by atoms with van der Waals surface area (Å²) in [4.78, 5) is 12.8. The molecule has 5 rings (SSSR count). The van der Waals surface area contributed by atoms with Crippen molar-refractivity contribution < 1.29 is 20.1 Å². The van der Waals surface area contributed by atoms with Gasteiger partial charge in [-0.05, 0) is 103 Å². The highest BCUT2D eigenvalue weighted by molar-refractivity contribution is 5.80. The van der Waals surface area contributed by atoms with Crippen molar-refractivity contribution in [1.82, 2.24) is 0 Å². The first-order valence-corrected chi connectivity index (χ1v) is 13.9. The molecule has 0 bridgehead atoms. The highest BCUT2D eigenvalue weighted by Crippen LogP contribution is 2.76. The molecule has 4 saturated carbocycles. The van der Waals surface area contributed by atoms with Crippen molar-refractivity contribution in [3.05, 3.63) is 11.6 Å². The van der Waals surface area contributed by atoms with Crippen LogP contribution >= 0.6 is 0 Å². The summed E-state index contributed by atoms with van der Waals surface area (Å²) < 4.78 is 0. The molecule has 34 heavy (non-hydrogen) atoms. The van der Waals surface area contributed by atoms with Crippen LogP contribution in [0.2, 0.25) is 0 Å². The summed E-state index contributed by atoms with van der Waals surface area (Å²) in [5.41, 5.74) is 0.158. The summed E-state index contributed by atoms with van der Waals surface area (Å²) in [6, 6.07) is 0. The van der Waals surface area contributed by atoms with Crippen LogP contribution in [0.3, 0.4) is 0 Å². The average Bonchev–Trinajstić information content (AvgIpc) is 2.72. The van der Waals surface area contributed by atoms with E-state index in [2.05, 4.69) is 54.5 Å². The van der Waals surface area contributed by atoms with Gasteiger partial charge < -0.3 is 15.3 Å². The van der Waals surface area contributed by atoms with Crippen LogP contribution in [-0.2, 0) is 4.79 Å². The van der Waals surface area contributed by atoms with E-state index in [0.717, 1.165) is 56.9 Å². The Morgan fingerprint density at radius 3 is 2.15 bits per heavy atom. The number of aliphatic hydroxyl groups is 2. The second-order valence-corrected chi connectivity index (χ2v) is 15.1. The molecule has 0 saturated heterocycles. The number of hydrogen-bond acceptors (Lipinski definition) is 3. The highest BCUT2D eigenvalue weighted by atomic mass is 16.4. The molecule has 0 aromatic heterocycles. The van der Waals surface area contributed by atoms with E-state index in [9.17, 15) is 20.1 Å². The van der Waals surface area contributed by atoms with Crippen LogP contribution in [0, 0.1) is 50.2 Å².